The molecule has 1 aromatic rings. The molecule has 0 aliphatic carbocycles. The van der Waals surface area contributed by atoms with Gasteiger partial charge in [0, 0.05) is 38.2 Å². The summed E-state index contributed by atoms with van der Waals surface area (Å²) in [5.74, 6) is 0.200. The summed E-state index contributed by atoms with van der Waals surface area (Å²) >= 11 is 0. The summed E-state index contributed by atoms with van der Waals surface area (Å²) in [4.78, 5) is 28.2. The van der Waals surface area contributed by atoms with Crippen molar-refractivity contribution >= 4 is 21.7 Å². The maximum absolute atomic E-state index is 12.7. The Morgan fingerprint density at radius 2 is 1.75 bits per heavy atom. The first kappa shape index (κ1) is 17.0. The van der Waals surface area contributed by atoms with Gasteiger partial charge < -0.3 is 9.80 Å². The average Bonchev–Trinajstić information content (AvgIpc) is 2.60. The van der Waals surface area contributed by atoms with Gasteiger partial charge in [0.05, 0.1) is 10.6 Å². The molecule has 1 aromatic carbocycles. The number of benzene rings is 1. The fourth-order valence-electron chi connectivity index (χ4n) is 3.34. The summed E-state index contributed by atoms with van der Waals surface area (Å²) in [6.07, 6.45) is 1.77. The molecule has 0 N–H and O–H groups in total. The predicted octanol–water partition coefficient (Wildman–Crippen LogP) is 1.10. The Morgan fingerprint density at radius 1 is 1.08 bits per heavy atom. The van der Waals surface area contributed by atoms with Crippen LogP contribution in [0.3, 0.4) is 0 Å². The lowest BCUT2D eigenvalue weighted by molar-refractivity contribution is -0.132. The van der Waals surface area contributed by atoms with E-state index in [0.29, 0.717) is 55.9 Å². The van der Waals surface area contributed by atoms with E-state index in [1.165, 1.54) is 0 Å². The zero-order chi connectivity index (χ0) is 17.3. The number of aryl methyl sites for hydroxylation is 1. The summed E-state index contributed by atoms with van der Waals surface area (Å²) in [5, 5.41) is 0. The lowest BCUT2D eigenvalue weighted by atomic mass is 10.0. The third-order valence-corrected chi connectivity index (χ3v) is 6.62. The topological polar surface area (TPSA) is 74.8 Å². The van der Waals surface area contributed by atoms with Gasteiger partial charge in [-0.1, -0.05) is 6.92 Å². The highest BCUT2D eigenvalue weighted by atomic mass is 32.2. The molecular formula is C17H22N2O4S. The second-order valence-corrected chi connectivity index (χ2v) is 8.35. The van der Waals surface area contributed by atoms with E-state index >= 15 is 0 Å². The molecule has 6 nitrogen and oxygen atoms in total. The van der Waals surface area contributed by atoms with Crippen molar-refractivity contribution < 1.29 is 18.0 Å². The highest BCUT2D eigenvalue weighted by Crippen LogP contribution is 2.26. The number of hydrogen-bond acceptors (Lipinski definition) is 4. The molecule has 1 fully saturated rings. The van der Waals surface area contributed by atoms with Crippen LogP contribution in [0.4, 0.5) is 0 Å². The summed E-state index contributed by atoms with van der Waals surface area (Å²) in [6.45, 7) is 3.97. The zero-order valence-corrected chi connectivity index (χ0v) is 14.6. The number of hydrogen-bond donors (Lipinski definition) is 0. The first-order chi connectivity index (χ1) is 11.4. The molecule has 24 heavy (non-hydrogen) atoms. The Bertz CT molecular complexity index is 765. The number of carbonyl (C=O) groups is 2. The second kappa shape index (κ2) is 6.55. The summed E-state index contributed by atoms with van der Waals surface area (Å²) in [7, 11) is -3.20. The summed E-state index contributed by atoms with van der Waals surface area (Å²) in [6, 6.07) is 4.89. The quantitative estimate of drug-likeness (QED) is 0.800. The van der Waals surface area contributed by atoms with Crippen LogP contribution in [-0.4, -0.2) is 62.0 Å². The van der Waals surface area contributed by atoms with Crippen LogP contribution in [0, 0.1) is 0 Å². The fraction of sp³-hybridized carbons (Fsp3) is 0.529. The first-order valence-electron chi connectivity index (χ1n) is 8.35. The molecule has 2 amide bonds. The van der Waals surface area contributed by atoms with E-state index < -0.39 is 9.84 Å². The molecule has 2 aliphatic heterocycles. The van der Waals surface area contributed by atoms with Gasteiger partial charge in [0.2, 0.25) is 5.91 Å². The van der Waals surface area contributed by atoms with E-state index in [1.807, 2.05) is 6.92 Å². The van der Waals surface area contributed by atoms with Gasteiger partial charge in [0.25, 0.3) is 5.91 Å². The van der Waals surface area contributed by atoms with Crippen LogP contribution < -0.4 is 0 Å². The third-order valence-electron chi connectivity index (χ3n) is 4.72. The van der Waals surface area contributed by atoms with E-state index in [9.17, 15) is 18.0 Å². The van der Waals surface area contributed by atoms with Crippen molar-refractivity contribution in [2.75, 3.05) is 31.9 Å². The van der Waals surface area contributed by atoms with E-state index in [2.05, 4.69) is 0 Å². The van der Waals surface area contributed by atoms with Crippen molar-refractivity contribution in [3.8, 4) is 0 Å². The van der Waals surface area contributed by atoms with Crippen molar-refractivity contribution in [3.63, 3.8) is 0 Å². The maximum atomic E-state index is 12.7. The first-order valence-corrected chi connectivity index (χ1v) is 10.0. The molecule has 2 heterocycles. The molecule has 0 atom stereocenters. The standard InChI is InChI=1S/C17H22N2O4S/c1-2-16(20)18-7-9-19(10-8-18)17(21)14-5-6-15-13(12-14)4-3-11-24(15,22)23/h5-6,12H,2-4,7-11H2,1H3. The number of sulfone groups is 1. The highest BCUT2D eigenvalue weighted by molar-refractivity contribution is 7.91. The van der Waals surface area contributed by atoms with Crippen LogP contribution in [0.15, 0.2) is 23.1 Å². The molecule has 0 radical (unpaired) electrons. The highest BCUT2D eigenvalue weighted by Gasteiger charge is 2.27. The van der Waals surface area contributed by atoms with Gasteiger partial charge in [-0.25, -0.2) is 8.42 Å². The Hall–Kier alpha value is -1.89. The van der Waals surface area contributed by atoms with Gasteiger partial charge in [-0.2, -0.15) is 0 Å². The Morgan fingerprint density at radius 3 is 2.42 bits per heavy atom. The van der Waals surface area contributed by atoms with Crippen LogP contribution in [0.2, 0.25) is 0 Å². The molecule has 1 saturated heterocycles. The number of nitrogens with zero attached hydrogens (tertiary/aromatic N) is 2. The summed E-state index contributed by atoms with van der Waals surface area (Å²) in [5.41, 5.74) is 1.27. The number of amides is 2. The molecule has 0 saturated carbocycles. The van der Waals surface area contributed by atoms with Gasteiger partial charge in [0.1, 0.15) is 0 Å². The van der Waals surface area contributed by atoms with Gasteiger partial charge in [-0.05, 0) is 36.6 Å². The SMILES string of the molecule is CCC(=O)N1CCN(C(=O)c2ccc3c(c2)CCCS3(=O)=O)CC1. The van der Waals surface area contributed by atoms with E-state index in [1.54, 1.807) is 28.0 Å². The molecule has 3 rings (SSSR count). The van der Waals surface area contributed by atoms with Crippen LogP contribution in [0.5, 0.6) is 0 Å². The van der Waals surface area contributed by atoms with Crippen LogP contribution in [-0.2, 0) is 21.1 Å². The van der Waals surface area contributed by atoms with Crippen LogP contribution in [0.1, 0.15) is 35.7 Å². The fourth-order valence-corrected chi connectivity index (χ4v) is 4.92. The average molecular weight is 350 g/mol. The molecule has 7 heteroatoms. The van der Waals surface area contributed by atoms with Crippen LogP contribution >= 0.6 is 0 Å². The van der Waals surface area contributed by atoms with Gasteiger partial charge in [-0.15, -0.1) is 0 Å². The number of piperazine rings is 1. The predicted molar refractivity (Wildman–Crippen MR) is 89.6 cm³/mol. The lowest BCUT2D eigenvalue weighted by Crippen LogP contribution is -2.50. The van der Waals surface area contributed by atoms with Crippen molar-refractivity contribution in [1.29, 1.82) is 0 Å². The Labute approximate surface area is 142 Å². The Kier molecular flexibility index (Phi) is 4.62. The minimum Gasteiger partial charge on any atom is -0.339 e. The zero-order valence-electron chi connectivity index (χ0n) is 13.8. The molecule has 0 unspecified atom stereocenters. The van der Waals surface area contributed by atoms with Gasteiger partial charge in [0.15, 0.2) is 9.84 Å². The monoisotopic (exact) mass is 350 g/mol. The van der Waals surface area contributed by atoms with Crippen molar-refractivity contribution in [3.05, 3.63) is 29.3 Å². The lowest BCUT2D eigenvalue weighted by Gasteiger charge is -2.34. The minimum atomic E-state index is -3.20. The third kappa shape index (κ3) is 3.17. The molecular weight excluding hydrogens is 328 g/mol. The largest absolute Gasteiger partial charge is 0.339 e. The van der Waals surface area contributed by atoms with Gasteiger partial charge >= 0.3 is 0 Å². The molecule has 0 bridgehead atoms. The maximum Gasteiger partial charge on any atom is 0.253 e. The number of carbonyl (C=O) groups excluding carboxylic acids is 2. The van der Waals surface area contributed by atoms with Crippen molar-refractivity contribution in [2.45, 2.75) is 31.1 Å². The van der Waals surface area contributed by atoms with Crippen LogP contribution in [0.25, 0.3) is 0 Å². The van der Waals surface area contributed by atoms with Gasteiger partial charge in [-0.3, -0.25) is 9.59 Å². The molecule has 2 aliphatic rings. The number of fused-ring (bicyclic) bond motifs is 1. The normalized spacial score (nSPS) is 19.7. The molecule has 0 aromatic heterocycles. The Balaban J connectivity index is 1.74. The summed E-state index contributed by atoms with van der Waals surface area (Å²) < 4.78 is 24.1. The van der Waals surface area contributed by atoms with E-state index in [-0.39, 0.29) is 17.6 Å². The molecule has 130 valence electrons. The number of rotatable bonds is 2. The van der Waals surface area contributed by atoms with E-state index in [0.717, 1.165) is 5.56 Å². The van der Waals surface area contributed by atoms with Crippen molar-refractivity contribution in [1.82, 2.24) is 9.80 Å². The second-order valence-electron chi connectivity index (χ2n) is 6.27. The van der Waals surface area contributed by atoms with Crippen molar-refractivity contribution in [2.24, 2.45) is 0 Å². The van der Waals surface area contributed by atoms with E-state index in [4.69, 9.17) is 0 Å². The smallest absolute Gasteiger partial charge is 0.253 e. The minimum absolute atomic E-state index is 0.0932. The molecule has 0 spiro atoms.